The second kappa shape index (κ2) is 7.44. The van der Waals surface area contributed by atoms with Gasteiger partial charge in [0, 0.05) is 18.2 Å². The Bertz CT molecular complexity index is 1170. The molecule has 3 rings (SSSR count). The number of aromatic nitrogens is 2. The normalized spacial score (nSPS) is 11.4. The highest BCUT2D eigenvalue weighted by Gasteiger charge is 2.19. The summed E-state index contributed by atoms with van der Waals surface area (Å²) >= 11 is 12.1. The number of hydrogen-bond acceptors (Lipinski definition) is 5. The molecule has 0 spiro atoms. The van der Waals surface area contributed by atoms with E-state index in [0.29, 0.717) is 22.6 Å². The Kier molecular flexibility index (Phi) is 5.35. The SMILES string of the molecule is CC(=O)Nc1ccc(-c2nn(-c3cc(Cl)c(S(=O)(=O)O)cc3Cl)cc2N)cc1. The minimum atomic E-state index is -4.51. The van der Waals surface area contributed by atoms with Gasteiger partial charge < -0.3 is 11.1 Å². The number of carbonyl (C=O) groups is 1. The molecule has 11 heteroatoms. The van der Waals surface area contributed by atoms with Crippen molar-refractivity contribution < 1.29 is 17.8 Å². The summed E-state index contributed by atoms with van der Waals surface area (Å²) < 4.78 is 33.2. The monoisotopic (exact) mass is 440 g/mol. The predicted octanol–water partition coefficient (Wildman–Crippen LogP) is 3.63. The molecule has 2 aromatic carbocycles. The first-order valence-electron chi connectivity index (χ1n) is 7.76. The molecule has 0 unspecified atom stereocenters. The standard InChI is InChI=1S/C17H14Cl2N4O4S/c1-9(24)21-11-4-2-10(3-5-11)17-14(20)8-23(22-17)15-6-13(19)16(7-12(15)18)28(25,26)27/h2-8H,20H2,1H3,(H,21,24)(H,25,26,27). The zero-order valence-corrected chi connectivity index (χ0v) is 16.7. The van der Waals surface area contributed by atoms with E-state index >= 15 is 0 Å². The van der Waals surface area contributed by atoms with Gasteiger partial charge in [-0.15, -0.1) is 0 Å². The number of benzene rings is 2. The van der Waals surface area contributed by atoms with Gasteiger partial charge in [0.1, 0.15) is 10.6 Å². The average molecular weight is 441 g/mol. The van der Waals surface area contributed by atoms with Gasteiger partial charge in [0.05, 0.1) is 27.6 Å². The molecule has 1 aromatic heterocycles. The minimum Gasteiger partial charge on any atom is -0.396 e. The maximum atomic E-state index is 11.3. The Labute approximate surface area is 170 Å². The zero-order valence-electron chi connectivity index (χ0n) is 14.3. The van der Waals surface area contributed by atoms with Gasteiger partial charge in [-0.3, -0.25) is 9.35 Å². The van der Waals surface area contributed by atoms with Crippen molar-refractivity contribution in [1.82, 2.24) is 9.78 Å². The third-order valence-electron chi connectivity index (χ3n) is 3.75. The molecule has 0 radical (unpaired) electrons. The van der Waals surface area contributed by atoms with Gasteiger partial charge in [-0.25, -0.2) is 4.68 Å². The van der Waals surface area contributed by atoms with Crippen molar-refractivity contribution in [2.24, 2.45) is 0 Å². The summed E-state index contributed by atoms with van der Waals surface area (Å²) in [5, 5.41) is 6.84. The molecule has 0 aliphatic rings. The Morgan fingerprint density at radius 2 is 1.82 bits per heavy atom. The molecule has 1 amide bonds. The van der Waals surface area contributed by atoms with E-state index in [9.17, 15) is 17.8 Å². The Morgan fingerprint density at radius 1 is 1.18 bits per heavy atom. The first kappa shape index (κ1) is 20.2. The average Bonchev–Trinajstić information content (AvgIpc) is 2.97. The largest absolute Gasteiger partial charge is 0.396 e. The van der Waals surface area contributed by atoms with E-state index in [1.165, 1.54) is 23.9 Å². The van der Waals surface area contributed by atoms with Crippen LogP contribution in [0.25, 0.3) is 16.9 Å². The first-order chi connectivity index (χ1) is 13.1. The van der Waals surface area contributed by atoms with Crippen LogP contribution in [0.4, 0.5) is 11.4 Å². The molecule has 1 heterocycles. The number of nitrogens with zero attached hydrogens (tertiary/aromatic N) is 2. The maximum Gasteiger partial charge on any atom is 0.296 e. The molecule has 28 heavy (non-hydrogen) atoms. The summed E-state index contributed by atoms with van der Waals surface area (Å²) in [4.78, 5) is 10.6. The lowest BCUT2D eigenvalue weighted by molar-refractivity contribution is -0.114. The maximum absolute atomic E-state index is 11.3. The summed E-state index contributed by atoms with van der Waals surface area (Å²) in [5.74, 6) is -0.184. The number of nitrogen functional groups attached to an aromatic ring is 1. The van der Waals surface area contributed by atoms with Gasteiger partial charge in [-0.2, -0.15) is 13.5 Å². The first-order valence-corrected chi connectivity index (χ1v) is 9.96. The van der Waals surface area contributed by atoms with Crippen molar-refractivity contribution in [3.05, 3.63) is 52.6 Å². The van der Waals surface area contributed by atoms with E-state index in [1.54, 1.807) is 24.3 Å². The van der Waals surface area contributed by atoms with Gasteiger partial charge >= 0.3 is 0 Å². The van der Waals surface area contributed by atoms with E-state index in [1.807, 2.05) is 0 Å². The third-order valence-corrected chi connectivity index (χ3v) is 5.37. The van der Waals surface area contributed by atoms with Crippen molar-refractivity contribution in [1.29, 1.82) is 0 Å². The second-order valence-corrected chi connectivity index (χ2v) is 8.05. The highest BCUT2D eigenvalue weighted by Crippen LogP contribution is 2.33. The molecule has 0 saturated heterocycles. The lowest BCUT2D eigenvalue weighted by Gasteiger charge is -2.08. The number of carbonyl (C=O) groups excluding carboxylic acids is 1. The van der Waals surface area contributed by atoms with Crippen LogP contribution < -0.4 is 11.1 Å². The number of nitrogens with two attached hydrogens (primary N) is 1. The zero-order chi connectivity index (χ0) is 20.6. The number of nitrogens with one attached hydrogen (secondary N) is 1. The summed E-state index contributed by atoms with van der Waals surface area (Å²) in [6.07, 6.45) is 1.50. The smallest absolute Gasteiger partial charge is 0.296 e. The topological polar surface area (TPSA) is 127 Å². The van der Waals surface area contributed by atoms with Crippen molar-refractivity contribution in [2.75, 3.05) is 11.1 Å². The van der Waals surface area contributed by atoms with Gasteiger partial charge in [0.2, 0.25) is 5.91 Å². The van der Waals surface area contributed by atoms with Crippen molar-refractivity contribution >= 4 is 50.6 Å². The summed E-state index contributed by atoms with van der Waals surface area (Å²) in [6.45, 7) is 1.41. The highest BCUT2D eigenvalue weighted by molar-refractivity contribution is 7.86. The highest BCUT2D eigenvalue weighted by atomic mass is 35.5. The van der Waals surface area contributed by atoms with Gasteiger partial charge in [0.15, 0.2) is 0 Å². The van der Waals surface area contributed by atoms with E-state index in [-0.39, 0.29) is 21.6 Å². The summed E-state index contributed by atoms with van der Waals surface area (Å²) in [6, 6.07) is 9.20. The van der Waals surface area contributed by atoms with Crippen LogP contribution in [0.3, 0.4) is 0 Å². The molecule has 4 N–H and O–H groups in total. The number of halogens is 2. The van der Waals surface area contributed by atoms with Crippen LogP contribution in [-0.2, 0) is 14.9 Å². The molecule has 8 nitrogen and oxygen atoms in total. The van der Waals surface area contributed by atoms with Crippen LogP contribution in [0.1, 0.15) is 6.92 Å². The van der Waals surface area contributed by atoms with Crippen LogP contribution in [0, 0.1) is 0 Å². The van der Waals surface area contributed by atoms with Gasteiger partial charge in [-0.05, 0) is 24.3 Å². The number of anilines is 2. The molecule has 146 valence electrons. The fraction of sp³-hybridized carbons (Fsp3) is 0.0588. The molecule has 3 aromatic rings. The van der Waals surface area contributed by atoms with Crippen LogP contribution in [0.5, 0.6) is 0 Å². The second-order valence-electron chi connectivity index (χ2n) is 5.85. The van der Waals surface area contributed by atoms with E-state index in [4.69, 9.17) is 28.9 Å². The molecule has 0 fully saturated rings. The fourth-order valence-corrected chi connectivity index (χ4v) is 3.88. The molecule has 0 atom stereocenters. The molecule has 0 saturated carbocycles. The number of rotatable bonds is 4. The third kappa shape index (κ3) is 4.12. The lowest BCUT2D eigenvalue weighted by Crippen LogP contribution is -2.05. The van der Waals surface area contributed by atoms with Crippen LogP contribution in [-0.4, -0.2) is 28.7 Å². The van der Waals surface area contributed by atoms with E-state index in [0.717, 1.165) is 6.07 Å². The van der Waals surface area contributed by atoms with Crippen LogP contribution in [0.15, 0.2) is 47.5 Å². The van der Waals surface area contributed by atoms with E-state index in [2.05, 4.69) is 10.4 Å². The molecule has 0 bridgehead atoms. The fourth-order valence-electron chi connectivity index (χ4n) is 2.54. The quantitative estimate of drug-likeness (QED) is 0.531. The summed E-state index contributed by atoms with van der Waals surface area (Å²) in [5.41, 5.74) is 8.47. The molecular weight excluding hydrogens is 427 g/mol. The molecule has 0 aliphatic heterocycles. The minimum absolute atomic E-state index is 0.00656. The van der Waals surface area contributed by atoms with Crippen LogP contribution in [0.2, 0.25) is 10.0 Å². The Morgan fingerprint density at radius 3 is 2.39 bits per heavy atom. The van der Waals surface area contributed by atoms with Crippen molar-refractivity contribution in [2.45, 2.75) is 11.8 Å². The summed E-state index contributed by atoms with van der Waals surface area (Å²) in [7, 11) is -4.51. The number of hydrogen-bond donors (Lipinski definition) is 3. The van der Waals surface area contributed by atoms with Crippen molar-refractivity contribution in [3.63, 3.8) is 0 Å². The predicted molar refractivity (Wildman–Crippen MR) is 108 cm³/mol. The molecular formula is C17H14Cl2N4O4S. The Hall–Kier alpha value is -2.59. The molecule has 0 aliphatic carbocycles. The van der Waals surface area contributed by atoms with Crippen LogP contribution >= 0.6 is 23.2 Å². The number of amides is 1. The van der Waals surface area contributed by atoms with Gasteiger partial charge in [-0.1, -0.05) is 35.3 Å². The van der Waals surface area contributed by atoms with Gasteiger partial charge in [0.25, 0.3) is 10.1 Å². The van der Waals surface area contributed by atoms with E-state index < -0.39 is 15.0 Å². The van der Waals surface area contributed by atoms with Crippen molar-refractivity contribution in [3.8, 4) is 16.9 Å². The Balaban J connectivity index is 2.01. The lowest BCUT2D eigenvalue weighted by atomic mass is 10.1.